The molecular weight excluding hydrogens is 390 g/mol. The second-order valence-corrected chi connectivity index (χ2v) is 7.10. The monoisotopic (exact) mass is 417 g/mol. The summed E-state index contributed by atoms with van der Waals surface area (Å²) in [5.41, 5.74) is 9.07. The van der Waals surface area contributed by atoms with Gasteiger partial charge in [-0.15, -0.1) is 12.4 Å². The molecule has 1 heterocycles. The van der Waals surface area contributed by atoms with Crippen LogP contribution in [-0.2, 0) is 11.2 Å². The van der Waals surface area contributed by atoms with Crippen LogP contribution in [0.5, 0.6) is 5.75 Å². The van der Waals surface area contributed by atoms with Gasteiger partial charge in [-0.05, 0) is 48.7 Å². The zero-order valence-corrected chi connectivity index (χ0v) is 17.7. The molecule has 1 saturated heterocycles. The number of hydrogen-bond acceptors (Lipinski definition) is 4. The van der Waals surface area contributed by atoms with Crippen molar-refractivity contribution in [2.24, 2.45) is 0 Å². The van der Waals surface area contributed by atoms with Gasteiger partial charge >= 0.3 is 0 Å². The number of piperazine rings is 1. The molecule has 1 aliphatic rings. The van der Waals surface area contributed by atoms with E-state index in [4.69, 9.17) is 10.5 Å². The summed E-state index contributed by atoms with van der Waals surface area (Å²) in [5, 5.41) is 0. The predicted molar refractivity (Wildman–Crippen MR) is 117 cm³/mol. The lowest BCUT2D eigenvalue weighted by molar-refractivity contribution is -0.132. The number of rotatable bonds is 5. The van der Waals surface area contributed by atoms with E-state index in [1.807, 2.05) is 42.2 Å². The SMILES string of the molecule is COc1ccc(CCC(=O)N2CCN(C(=O)c3cc(N)ccc3C)CC2)cc1.Cl. The summed E-state index contributed by atoms with van der Waals surface area (Å²) < 4.78 is 5.15. The molecule has 1 fully saturated rings. The fourth-order valence-corrected chi connectivity index (χ4v) is 3.40. The lowest BCUT2D eigenvalue weighted by atomic mass is 10.1. The number of methoxy groups -OCH3 is 1. The highest BCUT2D eigenvalue weighted by Gasteiger charge is 2.25. The number of nitrogen functional groups attached to an aromatic ring is 1. The standard InChI is InChI=1S/C22H27N3O3.ClH/c1-16-3-7-18(23)15-20(16)22(27)25-13-11-24(12-14-25)21(26)10-6-17-4-8-19(28-2)9-5-17;/h3-5,7-9,15H,6,10-14,23H2,1-2H3;1H. The van der Waals surface area contributed by atoms with E-state index in [-0.39, 0.29) is 24.2 Å². The zero-order chi connectivity index (χ0) is 20.1. The Morgan fingerprint density at radius 2 is 1.62 bits per heavy atom. The van der Waals surface area contributed by atoms with Crippen LogP contribution >= 0.6 is 12.4 Å². The minimum atomic E-state index is -0.0184. The third-order valence-corrected chi connectivity index (χ3v) is 5.20. The largest absolute Gasteiger partial charge is 0.497 e. The summed E-state index contributed by atoms with van der Waals surface area (Å²) in [6.07, 6.45) is 1.17. The predicted octanol–water partition coefficient (Wildman–Crippen LogP) is 2.92. The van der Waals surface area contributed by atoms with E-state index in [1.165, 1.54) is 0 Å². The Morgan fingerprint density at radius 3 is 2.24 bits per heavy atom. The Kier molecular flexibility index (Phi) is 7.91. The van der Waals surface area contributed by atoms with Crippen molar-refractivity contribution < 1.29 is 14.3 Å². The molecule has 2 N–H and O–H groups in total. The number of halogens is 1. The van der Waals surface area contributed by atoms with E-state index in [9.17, 15) is 9.59 Å². The number of carbonyl (C=O) groups excluding carboxylic acids is 2. The minimum Gasteiger partial charge on any atom is -0.497 e. The number of ether oxygens (including phenoxy) is 1. The van der Waals surface area contributed by atoms with Gasteiger partial charge in [0.2, 0.25) is 5.91 Å². The Bertz CT molecular complexity index is 847. The van der Waals surface area contributed by atoms with Gasteiger partial charge in [0, 0.05) is 43.9 Å². The summed E-state index contributed by atoms with van der Waals surface area (Å²) >= 11 is 0. The van der Waals surface area contributed by atoms with Crippen LogP contribution in [0.1, 0.15) is 27.9 Å². The van der Waals surface area contributed by atoms with Gasteiger partial charge in [-0.1, -0.05) is 18.2 Å². The van der Waals surface area contributed by atoms with E-state index in [1.54, 1.807) is 24.1 Å². The van der Waals surface area contributed by atoms with Gasteiger partial charge in [0.25, 0.3) is 5.91 Å². The van der Waals surface area contributed by atoms with Gasteiger partial charge in [0.1, 0.15) is 5.75 Å². The highest BCUT2D eigenvalue weighted by molar-refractivity contribution is 5.96. The van der Waals surface area contributed by atoms with Crippen LogP contribution < -0.4 is 10.5 Å². The lowest BCUT2D eigenvalue weighted by Gasteiger charge is -2.35. The summed E-state index contributed by atoms with van der Waals surface area (Å²) in [7, 11) is 1.64. The van der Waals surface area contributed by atoms with Crippen LogP contribution in [0.4, 0.5) is 5.69 Å². The Hall–Kier alpha value is -2.73. The molecule has 1 aliphatic heterocycles. The number of aryl methyl sites for hydroxylation is 2. The topological polar surface area (TPSA) is 75.9 Å². The highest BCUT2D eigenvalue weighted by atomic mass is 35.5. The summed E-state index contributed by atoms with van der Waals surface area (Å²) in [6, 6.07) is 13.2. The number of nitrogens with two attached hydrogens (primary N) is 1. The number of nitrogens with zero attached hydrogens (tertiary/aromatic N) is 2. The normalized spacial score (nSPS) is 13.6. The first-order valence-corrected chi connectivity index (χ1v) is 9.54. The molecule has 2 amide bonds. The number of carbonyl (C=O) groups is 2. The van der Waals surface area contributed by atoms with E-state index < -0.39 is 0 Å². The first-order valence-electron chi connectivity index (χ1n) is 9.54. The molecule has 0 unspecified atom stereocenters. The number of anilines is 1. The molecule has 3 rings (SSSR count). The molecule has 7 heteroatoms. The van der Waals surface area contributed by atoms with Gasteiger partial charge < -0.3 is 20.3 Å². The number of hydrogen-bond donors (Lipinski definition) is 1. The van der Waals surface area contributed by atoms with Crippen molar-refractivity contribution in [2.75, 3.05) is 39.0 Å². The maximum absolute atomic E-state index is 12.8. The van der Waals surface area contributed by atoms with Gasteiger partial charge in [-0.25, -0.2) is 0 Å². The molecule has 0 bridgehead atoms. The maximum Gasteiger partial charge on any atom is 0.254 e. The van der Waals surface area contributed by atoms with Crippen molar-refractivity contribution >= 4 is 29.9 Å². The molecule has 2 aromatic carbocycles. The molecule has 0 radical (unpaired) electrons. The molecule has 0 aromatic heterocycles. The van der Waals surface area contributed by atoms with Gasteiger partial charge in [0.05, 0.1) is 7.11 Å². The third-order valence-electron chi connectivity index (χ3n) is 5.20. The Morgan fingerprint density at radius 1 is 1.00 bits per heavy atom. The lowest BCUT2D eigenvalue weighted by Crippen LogP contribution is -2.50. The second-order valence-electron chi connectivity index (χ2n) is 7.10. The van der Waals surface area contributed by atoms with Crippen molar-refractivity contribution in [1.82, 2.24) is 9.80 Å². The molecule has 0 saturated carbocycles. The van der Waals surface area contributed by atoms with Crippen LogP contribution in [0.3, 0.4) is 0 Å². The summed E-state index contributed by atoms with van der Waals surface area (Å²) in [4.78, 5) is 28.9. The fourth-order valence-electron chi connectivity index (χ4n) is 3.40. The van der Waals surface area contributed by atoms with Crippen LogP contribution in [0.2, 0.25) is 0 Å². The average molecular weight is 418 g/mol. The Labute approximate surface area is 178 Å². The first-order chi connectivity index (χ1) is 13.5. The number of amides is 2. The summed E-state index contributed by atoms with van der Waals surface area (Å²) in [5.74, 6) is 0.921. The summed E-state index contributed by atoms with van der Waals surface area (Å²) in [6.45, 7) is 4.12. The molecule has 156 valence electrons. The van der Waals surface area contributed by atoms with Crippen molar-refractivity contribution in [1.29, 1.82) is 0 Å². The molecule has 0 atom stereocenters. The van der Waals surface area contributed by atoms with Gasteiger partial charge in [0.15, 0.2) is 0 Å². The molecule has 29 heavy (non-hydrogen) atoms. The maximum atomic E-state index is 12.8. The van der Waals surface area contributed by atoms with Crippen molar-refractivity contribution in [3.8, 4) is 5.75 Å². The molecule has 6 nitrogen and oxygen atoms in total. The zero-order valence-electron chi connectivity index (χ0n) is 16.9. The number of benzene rings is 2. The van der Waals surface area contributed by atoms with Gasteiger partial charge in [-0.2, -0.15) is 0 Å². The van der Waals surface area contributed by atoms with E-state index in [2.05, 4.69) is 0 Å². The third kappa shape index (κ3) is 5.64. The fraction of sp³-hybridized carbons (Fsp3) is 0.364. The second kappa shape index (κ2) is 10.2. The average Bonchev–Trinajstić information content (AvgIpc) is 2.73. The van der Waals surface area contributed by atoms with Crippen molar-refractivity contribution in [3.05, 3.63) is 59.2 Å². The van der Waals surface area contributed by atoms with Crippen LogP contribution in [0, 0.1) is 6.92 Å². The first kappa shape index (κ1) is 22.6. The molecule has 0 spiro atoms. The van der Waals surface area contributed by atoms with Crippen molar-refractivity contribution in [2.45, 2.75) is 19.8 Å². The minimum absolute atomic E-state index is 0. The van der Waals surface area contributed by atoms with Crippen LogP contribution in [0.25, 0.3) is 0 Å². The molecule has 2 aromatic rings. The van der Waals surface area contributed by atoms with Crippen molar-refractivity contribution in [3.63, 3.8) is 0 Å². The Balaban J connectivity index is 0.00000300. The highest BCUT2D eigenvalue weighted by Crippen LogP contribution is 2.17. The van der Waals surface area contributed by atoms with Crippen LogP contribution in [0.15, 0.2) is 42.5 Å². The van der Waals surface area contributed by atoms with E-state index >= 15 is 0 Å². The smallest absolute Gasteiger partial charge is 0.254 e. The van der Waals surface area contributed by atoms with E-state index in [0.29, 0.717) is 50.3 Å². The van der Waals surface area contributed by atoms with Gasteiger partial charge in [-0.3, -0.25) is 9.59 Å². The van der Waals surface area contributed by atoms with E-state index in [0.717, 1.165) is 16.9 Å². The molecular formula is C22H28ClN3O3. The quantitative estimate of drug-likeness (QED) is 0.759. The van der Waals surface area contributed by atoms with Crippen LogP contribution in [-0.4, -0.2) is 54.9 Å². The molecule has 0 aliphatic carbocycles.